The molecule has 1 amide bonds. The van der Waals surface area contributed by atoms with Crippen molar-refractivity contribution in [1.29, 1.82) is 0 Å². The molecule has 1 fully saturated rings. The summed E-state index contributed by atoms with van der Waals surface area (Å²) in [4.78, 5) is 14.5. The maximum absolute atomic E-state index is 12.0. The van der Waals surface area contributed by atoms with Gasteiger partial charge in [-0.1, -0.05) is 23.2 Å². The van der Waals surface area contributed by atoms with Gasteiger partial charge in [0.05, 0.1) is 15.6 Å². The Morgan fingerprint density at radius 2 is 2.00 bits per heavy atom. The molecule has 2 rings (SSSR count). The van der Waals surface area contributed by atoms with Crippen LogP contribution >= 0.6 is 23.2 Å². The zero-order chi connectivity index (χ0) is 14.5. The van der Waals surface area contributed by atoms with Crippen molar-refractivity contribution in [2.24, 2.45) is 0 Å². The standard InChI is InChI=1S/C14H19Cl2N3O/c15-12-9-10(17)8-11(13(12)16)14(20)18-4-3-7-19-5-1-2-6-19/h8-9H,1-7,17H2,(H,18,20). The Kier molecular flexibility index (Phi) is 5.52. The first-order chi connectivity index (χ1) is 9.58. The molecule has 0 atom stereocenters. The Hall–Kier alpha value is -0.970. The molecule has 0 spiro atoms. The second kappa shape index (κ2) is 7.16. The molecule has 1 heterocycles. The number of likely N-dealkylation sites (tertiary alicyclic amines) is 1. The van der Waals surface area contributed by atoms with Crippen molar-refractivity contribution in [3.05, 3.63) is 27.7 Å². The van der Waals surface area contributed by atoms with Gasteiger partial charge < -0.3 is 16.0 Å². The lowest BCUT2D eigenvalue weighted by atomic mass is 10.2. The van der Waals surface area contributed by atoms with Crippen molar-refractivity contribution in [3.8, 4) is 0 Å². The summed E-state index contributed by atoms with van der Waals surface area (Å²) >= 11 is 11.9. The van der Waals surface area contributed by atoms with Gasteiger partial charge in [0.2, 0.25) is 0 Å². The summed E-state index contributed by atoms with van der Waals surface area (Å²) in [5, 5.41) is 3.40. The smallest absolute Gasteiger partial charge is 0.252 e. The highest BCUT2D eigenvalue weighted by molar-refractivity contribution is 6.44. The number of hydrogen-bond acceptors (Lipinski definition) is 3. The van der Waals surface area contributed by atoms with Gasteiger partial charge >= 0.3 is 0 Å². The number of carbonyl (C=O) groups is 1. The number of nitrogens with zero attached hydrogens (tertiary/aromatic N) is 1. The van der Waals surface area contributed by atoms with Crippen molar-refractivity contribution in [3.63, 3.8) is 0 Å². The third-order valence-corrected chi connectivity index (χ3v) is 4.23. The maximum atomic E-state index is 12.0. The first-order valence-electron chi connectivity index (χ1n) is 6.83. The third-order valence-electron chi connectivity index (χ3n) is 3.43. The molecule has 20 heavy (non-hydrogen) atoms. The predicted molar refractivity (Wildman–Crippen MR) is 83.5 cm³/mol. The Labute approximate surface area is 129 Å². The summed E-state index contributed by atoms with van der Waals surface area (Å²) in [6.07, 6.45) is 3.49. The highest BCUT2D eigenvalue weighted by Gasteiger charge is 2.14. The number of nitrogen functional groups attached to an aromatic ring is 1. The minimum absolute atomic E-state index is 0.231. The van der Waals surface area contributed by atoms with Crippen LogP contribution in [0.2, 0.25) is 10.0 Å². The Bertz CT molecular complexity index is 488. The van der Waals surface area contributed by atoms with E-state index in [1.165, 1.54) is 32.0 Å². The quantitative estimate of drug-likeness (QED) is 0.649. The van der Waals surface area contributed by atoms with Gasteiger partial charge in [-0.2, -0.15) is 0 Å². The SMILES string of the molecule is Nc1cc(Cl)c(Cl)c(C(=O)NCCCN2CCCC2)c1. The van der Waals surface area contributed by atoms with Gasteiger partial charge in [0.1, 0.15) is 0 Å². The normalized spacial score (nSPS) is 15.5. The van der Waals surface area contributed by atoms with E-state index in [-0.39, 0.29) is 10.9 Å². The number of nitrogens with two attached hydrogens (primary N) is 1. The molecule has 0 aromatic heterocycles. The number of anilines is 1. The van der Waals surface area contributed by atoms with Gasteiger partial charge in [0.25, 0.3) is 5.91 Å². The summed E-state index contributed by atoms with van der Waals surface area (Å²) in [7, 11) is 0. The van der Waals surface area contributed by atoms with Crippen molar-refractivity contribution in [1.82, 2.24) is 10.2 Å². The van der Waals surface area contributed by atoms with Gasteiger partial charge in [-0.3, -0.25) is 4.79 Å². The lowest BCUT2D eigenvalue weighted by molar-refractivity contribution is 0.0952. The molecule has 0 radical (unpaired) electrons. The van der Waals surface area contributed by atoms with Crippen LogP contribution in [0.4, 0.5) is 5.69 Å². The molecule has 1 saturated heterocycles. The van der Waals surface area contributed by atoms with Crippen LogP contribution in [0.25, 0.3) is 0 Å². The van der Waals surface area contributed by atoms with Gasteiger partial charge in [-0.15, -0.1) is 0 Å². The number of halogens is 2. The van der Waals surface area contributed by atoms with Crippen LogP contribution in [0.1, 0.15) is 29.6 Å². The lowest BCUT2D eigenvalue weighted by Crippen LogP contribution is -2.28. The number of carbonyl (C=O) groups excluding carboxylic acids is 1. The zero-order valence-electron chi connectivity index (χ0n) is 11.3. The monoisotopic (exact) mass is 315 g/mol. The molecule has 1 aromatic carbocycles. The summed E-state index contributed by atoms with van der Waals surface area (Å²) in [6, 6.07) is 3.08. The van der Waals surface area contributed by atoms with Gasteiger partial charge in [-0.05, 0) is 51.0 Å². The summed E-state index contributed by atoms with van der Waals surface area (Å²) < 4.78 is 0. The predicted octanol–water partition coefficient (Wildman–Crippen LogP) is 2.79. The van der Waals surface area contributed by atoms with Crippen LogP contribution in [0.15, 0.2) is 12.1 Å². The summed E-state index contributed by atoms with van der Waals surface area (Å²) in [6.45, 7) is 3.99. The Balaban J connectivity index is 1.82. The van der Waals surface area contributed by atoms with E-state index in [1.807, 2.05) is 0 Å². The van der Waals surface area contributed by atoms with Crippen molar-refractivity contribution in [2.75, 3.05) is 31.9 Å². The molecule has 1 aliphatic heterocycles. The number of amides is 1. The molecule has 6 heteroatoms. The topological polar surface area (TPSA) is 58.4 Å². The Morgan fingerprint density at radius 1 is 1.30 bits per heavy atom. The maximum Gasteiger partial charge on any atom is 0.252 e. The molecule has 0 unspecified atom stereocenters. The summed E-state index contributed by atoms with van der Waals surface area (Å²) in [5.74, 6) is -0.231. The van der Waals surface area contributed by atoms with Crippen molar-refractivity contribution >= 4 is 34.8 Å². The number of benzene rings is 1. The van der Waals surface area contributed by atoms with Crippen LogP contribution in [-0.4, -0.2) is 37.0 Å². The molecule has 1 aromatic rings. The molecule has 0 aliphatic carbocycles. The minimum atomic E-state index is -0.231. The van der Waals surface area contributed by atoms with Gasteiger partial charge in [0, 0.05) is 12.2 Å². The molecular formula is C14H19Cl2N3O. The zero-order valence-corrected chi connectivity index (χ0v) is 12.8. The van der Waals surface area contributed by atoms with Crippen molar-refractivity contribution in [2.45, 2.75) is 19.3 Å². The number of nitrogens with one attached hydrogen (secondary N) is 1. The van der Waals surface area contributed by atoms with E-state index in [0.717, 1.165) is 13.0 Å². The van der Waals surface area contributed by atoms with E-state index in [1.54, 1.807) is 6.07 Å². The fraction of sp³-hybridized carbons (Fsp3) is 0.500. The molecule has 1 aliphatic rings. The van der Waals surface area contributed by atoms with Crippen LogP contribution in [-0.2, 0) is 0 Å². The first kappa shape index (κ1) is 15.4. The van der Waals surface area contributed by atoms with E-state index >= 15 is 0 Å². The van der Waals surface area contributed by atoms with Crippen LogP contribution < -0.4 is 11.1 Å². The molecule has 4 nitrogen and oxygen atoms in total. The molecule has 0 saturated carbocycles. The van der Waals surface area contributed by atoms with Crippen LogP contribution in [0.3, 0.4) is 0 Å². The number of hydrogen-bond donors (Lipinski definition) is 2. The minimum Gasteiger partial charge on any atom is -0.399 e. The molecule has 0 bridgehead atoms. The summed E-state index contributed by atoms with van der Waals surface area (Å²) in [5.41, 5.74) is 6.44. The average Bonchev–Trinajstić information content (AvgIpc) is 2.91. The molecular weight excluding hydrogens is 297 g/mol. The van der Waals surface area contributed by atoms with E-state index in [0.29, 0.717) is 22.8 Å². The second-order valence-electron chi connectivity index (χ2n) is 5.02. The van der Waals surface area contributed by atoms with E-state index in [2.05, 4.69) is 10.2 Å². The molecule has 3 N–H and O–H groups in total. The van der Waals surface area contributed by atoms with Crippen LogP contribution in [0.5, 0.6) is 0 Å². The largest absolute Gasteiger partial charge is 0.399 e. The molecule has 110 valence electrons. The third kappa shape index (κ3) is 4.01. The van der Waals surface area contributed by atoms with Crippen LogP contribution in [0, 0.1) is 0 Å². The highest BCUT2D eigenvalue weighted by atomic mass is 35.5. The average molecular weight is 316 g/mol. The highest BCUT2D eigenvalue weighted by Crippen LogP contribution is 2.28. The second-order valence-corrected chi connectivity index (χ2v) is 5.81. The first-order valence-corrected chi connectivity index (χ1v) is 7.58. The fourth-order valence-electron chi connectivity index (χ4n) is 2.38. The lowest BCUT2D eigenvalue weighted by Gasteiger charge is -2.14. The van der Waals surface area contributed by atoms with Crippen molar-refractivity contribution < 1.29 is 4.79 Å². The van der Waals surface area contributed by atoms with E-state index in [4.69, 9.17) is 28.9 Å². The Morgan fingerprint density at radius 3 is 2.70 bits per heavy atom. The van der Waals surface area contributed by atoms with E-state index < -0.39 is 0 Å². The van der Waals surface area contributed by atoms with Gasteiger partial charge in [0.15, 0.2) is 0 Å². The fourth-order valence-corrected chi connectivity index (χ4v) is 2.80. The number of rotatable bonds is 5. The van der Waals surface area contributed by atoms with E-state index in [9.17, 15) is 4.79 Å². The van der Waals surface area contributed by atoms with Gasteiger partial charge in [-0.25, -0.2) is 0 Å².